The molecule has 190 valence electrons. The fourth-order valence-electron chi connectivity index (χ4n) is 3.96. The average molecular weight is 497 g/mol. The summed E-state index contributed by atoms with van der Waals surface area (Å²) in [5, 5.41) is 13.6. The summed E-state index contributed by atoms with van der Waals surface area (Å²) >= 11 is 0. The molecule has 37 heavy (non-hydrogen) atoms. The van der Waals surface area contributed by atoms with E-state index in [9.17, 15) is 9.90 Å². The van der Waals surface area contributed by atoms with Crippen molar-refractivity contribution >= 4 is 12.1 Å². The second kappa shape index (κ2) is 13.8. The van der Waals surface area contributed by atoms with Crippen LogP contribution in [0.2, 0.25) is 0 Å². The minimum atomic E-state index is -0.652. The molecular weight excluding hydrogens is 464 g/mol. The number of ether oxygens (including phenoxy) is 2. The number of nitrogens with one attached hydrogen (secondary N) is 1. The van der Waals surface area contributed by atoms with Crippen LogP contribution in [0.4, 0.5) is 5.69 Å². The first kappa shape index (κ1) is 25.9. The first-order valence-corrected chi connectivity index (χ1v) is 12.3. The molecular formula is C31H32N2O4. The zero-order chi connectivity index (χ0) is 25.7. The summed E-state index contributed by atoms with van der Waals surface area (Å²) in [7, 11) is 0. The molecule has 0 fully saturated rings. The lowest BCUT2D eigenvalue weighted by Crippen LogP contribution is -2.32. The van der Waals surface area contributed by atoms with Gasteiger partial charge < -0.3 is 19.9 Å². The maximum Gasteiger partial charge on any atom is 0.211 e. The number of nitrogens with zero attached hydrogens (tertiary/aromatic N) is 1. The van der Waals surface area contributed by atoms with Crippen molar-refractivity contribution in [1.29, 1.82) is 0 Å². The highest BCUT2D eigenvalue weighted by molar-refractivity contribution is 5.71. The van der Waals surface area contributed by atoms with Crippen molar-refractivity contribution in [2.45, 2.75) is 19.3 Å². The van der Waals surface area contributed by atoms with Crippen molar-refractivity contribution in [1.82, 2.24) is 4.90 Å². The highest BCUT2D eigenvalue weighted by atomic mass is 16.5. The van der Waals surface area contributed by atoms with Crippen LogP contribution in [0.3, 0.4) is 0 Å². The number of carbonyl (C=O) groups excluding carboxylic acids is 1. The number of hydrogen-bond acceptors (Lipinski definition) is 5. The van der Waals surface area contributed by atoms with Crippen molar-refractivity contribution in [3.05, 3.63) is 126 Å². The van der Waals surface area contributed by atoms with Crippen LogP contribution in [0.1, 0.15) is 22.8 Å². The molecule has 0 saturated heterocycles. The summed E-state index contributed by atoms with van der Waals surface area (Å²) in [6.07, 6.45) is -0.00548. The summed E-state index contributed by atoms with van der Waals surface area (Å²) in [6, 6.07) is 35.1. The second-order valence-electron chi connectivity index (χ2n) is 8.71. The number of benzene rings is 4. The van der Waals surface area contributed by atoms with E-state index in [2.05, 4.69) is 22.3 Å². The van der Waals surface area contributed by atoms with Crippen LogP contribution in [0.5, 0.6) is 11.5 Å². The van der Waals surface area contributed by atoms with Crippen molar-refractivity contribution in [3.8, 4) is 11.5 Å². The average Bonchev–Trinajstić information content (AvgIpc) is 2.94. The van der Waals surface area contributed by atoms with E-state index in [1.807, 2.05) is 84.9 Å². The predicted octanol–water partition coefficient (Wildman–Crippen LogP) is 5.45. The van der Waals surface area contributed by atoms with Gasteiger partial charge in [0.05, 0.1) is 6.10 Å². The maximum absolute atomic E-state index is 11.0. The van der Waals surface area contributed by atoms with Crippen LogP contribution in [0.25, 0.3) is 0 Å². The van der Waals surface area contributed by atoms with Gasteiger partial charge in [0, 0.05) is 25.3 Å². The quantitative estimate of drug-likeness (QED) is 0.227. The fourth-order valence-corrected chi connectivity index (χ4v) is 3.96. The highest BCUT2D eigenvalue weighted by Crippen LogP contribution is 2.21. The third-order valence-corrected chi connectivity index (χ3v) is 5.95. The molecule has 0 aliphatic carbocycles. The van der Waals surface area contributed by atoms with Gasteiger partial charge in [-0.25, -0.2) is 0 Å². The lowest BCUT2D eigenvalue weighted by molar-refractivity contribution is -0.105. The molecule has 6 heteroatoms. The van der Waals surface area contributed by atoms with E-state index in [4.69, 9.17) is 9.47 Å². The summed E-state index contributed by atoms with van der Waals surface area (Å²) in [6.45, 7) is 2.77. The molecule has 0 radical (unpaired) electrons. The van der Waals surface area contributed by atoms with Crippen LogP contribution in [0, 0.1) is 0 Å². The first-order valence-electron chi connectivity index (χ1n) is 12.3. The van der Waals surface area contributed by atoms with Crippen LogP contribution in [-0.2, 0) is 17.9 Å². The third-order valence-electron chi connectivity index (χ3n) is 5.95. The van der Waals surface area contributed by atoms with E-state index < -0.39 is 6.10 Å². The maximum atomic E-state index is 11.0. The second-order valence-corrected chi connectivity index (χ2v) is 8.71. The van der Waals surface area contributed by atoms with E-state index in [1.165, 1.54) is 5.56 Å². The van der Waals surface area contributed by atoms with Crippen LogP contribution in [-0.4, -0.2) is 36.1 Å². The van der Waals surface area contributed by atoms with Gasteiger partial charge in [-0.1, -0.05) is 72.8 Å². The Morgan fingerprint density at radius 3 is 2.00 bits per heavy atom. The molecule has 2 N–H and O–H groups in total. The molecule has 0 saturated carbocycles. The number of aliphatic hydroxyl groups excluding tert-OH is 1. The summed E-state index contributed by atoms with van der Waals surface area (Å²) < 4.78 is 11.8. The Kier molecular flexibility index (Phi) is 9.70. The third kappa shape index (κ3) is 8.49. The van der Waals surface area contributed by atoms with Crippen LogP contribution < -0.4 is 14.8 Å². The van der Waals surface area contributed by atoms with Crippen molar-refractivity contribution in [2.24, 2.45) is 0 Å². The van der Waals surface area contributed by atoms with Crippen molar-refractivity contribution < 1.29 is 19.4 Å². The van der Waals surface area contributed by atoms with Crippen LogP contribution in [0.15, 0.2) is 109 Å². The summed E-state index contributed by atoms with van der Waals surface area (Å²) in [5.74, 6) is 1.49. The van der Waals surface area contributed by atoms with Gasteiger partial charge in [-0.2, -0.15) is 0 Å². The van der Waals surface area contributed by atoms with Crippen LogP contribution >= 0.6 is 0 Å². The molecule has 0 heterocycles. The van der Waals surface area contributed by atoms with E-state index in [-0.39, 0.29) is 0 Å². The molecule has 0 aliphatic heterocycles. The molecule has 4 rings (SSSR count). The smallest absolute Gasteiger partial charge is 0.211 e. The normalized spacial score (nSPS) is 11.6. The molecule has 0 spiro atoms. The molecule has 0 aliphatic rings. The van der Waals surface area contributed by atoms with Crippen molar-refractivity contribution in [2.75, 3.05) is 25.0 Å². The zero-order valence-electron chi connectivity index (χ0n) is 20.7. The van der Waals surface area contributed by atoms with Gasteiger partial charge >= 0.3 is 0 Å². The molecule has 4 aromatic carbocycles. The lowest BCUT2D eigenvalue weighted by Gasteiger charge is -2.25. The van der Waals surface area contributed by atoms with E-state index >= 15 is 0 Å². The lowest BCUT2D eigenvalue weighted by atomic mass is 10.1. The number of anilines is 1. The van der Waals surface area contributed by atoms with Gasteiger partial charge in [-0.15, -0.1) is 0 Å². The van der Waals surface area contributed by atoms with Gasteiger partial charge in [-0.3, -0.25) is 9.69 Å². The molecule has 1 unspecified atom stereocenters. The number of carbonyl (C=O) groups is 1. The molecule has 4 aromatic rings. The monoisotopic (exact) mass is 496 g/mol. The molecule has 0 aromatic heterocycles. The predicted molar refractivity (Wildman–Crippen MR) is 146 cm³/mol. The Morgan fingerprint density at radius 1 is 0.757 bits per heavy atom. The fraction of sp³-hybridized carbons (Fsp3) is 0.194. The van der Waals surface area contributed by atoms with Gasteiger partial charge in [0.1, 0.15) is 24.7 Å². The topological polar surface area (TPSA) is 71.0 Å². The zero-order valence-corrected chi connectivity index (χ0v) is 20.7. The van der Waals surface area contributed by atoms with E-state index in [1.54, 1.807) is 12.1 Å². The summed E-state index contributed by atoms with van der Waals surface area (Å²) in [4.78, 5) is 12.8. The largest absolute Gasteiger partial charge is 0.492 e. The Balaban J connectivity index is 1.33. The Labute approximate surface area is 218 Å². The number of rotatable bonds is 14. The summed E-state index contributed by atoms with van der Waals surface area (Å²) in [5.41, 5.74) is 3.83. The first-order chi connectivity index (χ1) is 18.2. The van der Waals surface area contributed by atoms with Gasteiger partial charge in [0.15, 0.2) is 0 Å². The molecule has 6 nitrogen and oxygen atoms in total. The molecule has 1 atom stereocenters. The van der Waals surface area contributed by atoms with E-state index in [0.717, 1.165) is 22.6 Å². The van der Waals surface area contributed by atoms with Gasteiger partial charge in [-0.05, 0) is 53.1 Å². The SMILES string of the molecule is O=CNc1ccc(OCCN(Cc2ccccc2)CC(O)c2ccc(OCc3ccccc3)cc2)cc1. The van der Waals surface area contributed by atoms with Gasteiger partial charge in [0.25, 0.3) is 0 Å². The number of hydrogen-bond donors (Lipinski definition) is 2. The number of aliphatic hydroxyl groups is 1. The Bertz CT molecular complexity index is 1200. The highest BCUT2D eigenvalue weighted by Gasteiger charge is 2.15. The molecule has 0 bridgehead atoms. The molecule has 1 amide bonds. The Morgan fingerprint density at radius 2 is 1.35 bits per heavy atom. The van der Waals surface area contributed by atoms with E-state index in [0.29, 0.717) is 44.9 Å². The standard InChI is InChI=1S/C31H32N2O4/c34-24-32-28-13-17-29(18-14-28)36-20-19-33(21-25-7-3-1-4-8-25)22-31(35)27-11-15-30(16-12-27)37-23-26-9-5-2-6-10-26/h1-18,24,31,35H,19-23H2,(H,32,34). The van der Waals surface area contributed by atoms with Gasteiger partial charge in [0.2, 0.25) is 6.41 Å². The van der Waals surface area contributed by atoms with Crippen molar-refractivity contribution in [3.63, 3.8) is 0 Å². The minimum absolute atomic E-state index is 0.463. The Hall–Kier alpha value is -4.13. The number of amides is 1. The minimum Gasteiger partial charge on any atom is -0.492 e.